The van der Waals surface area contributed by atoms with Crippen LogP contribution in [0.25, 0.3) is 0 Å². The van der Waals surface area contributed by atoms with E-state index >= 15 is 0 Å². The van der Waals surface area contributed by atoms with E-state index in [0.717, 1.165) is 5.20 Å². The molecule has 0 amide bonds. The third kappa shape index (κ3) is 2.89. The molecule has 0 saturated carbocycles. The summed E-state index contributed by atoms with van der Waals surface area (Å²) in [6, 6.07) is 0. The second-order valence-electron chi connectivity index (χ2n) is 5.20. The van der Waals surface area contributed by atoms with E-state index in [1.807, 2.05) is 20.8 Å². The highest BCUT2D eigenvalue weighted by Crippen LogP contribution is 2.34. The van der Waals surface area contributed by atoms with Gasteiger partial charge in [0.25, 0.3) is 5.95 Å². The molecule has 0 atom stereocenters. The molecule has 0 unspecified atom stereocenters. The minimum atomic E-state index is -1.61. The number of allylic oxidation sites excluding steroid dienone is 1. The molecule has 0 bridgehead atoms. The molecule has 0 rings (SSSR count). The van der Waals surface area contributed by atoms with Gasteiger partial charge in [-0.1, -0.05) is 40.4 Å². The first-order valence-corrected chi connectivity index (χ1v) is 7.70. The van der Waals surface area contributed by atoms with Crippen LogP contribution in [0.5, 0.6) is 0 Å². The molecule has 2 nitrogen and oxygen atoms in total. The predicted molar refractivity (Wildman–Crippen MR) is 55.1 cm³/mol. The Hall–Kier alpha value is -0.443. The third-order valence-electron chi connectivity index (χ3n) is 1.72. The van der Waals surface area contributed by atoms with E-state index in [-0.39, 0.29) is 5.41 Å². The maximum atomic E-state index is 9.15. The van der Waals surface area contributed by atoms with Crippen molar-refractivity contribution in [1.29, 1.82) is 0 Å². The standard InChI is InChI=1S/C9H20O2Si/c1-9(2,3)7(8(10)11)12(4,5)6/h10-11H,1-6H3. The van der Waals surface area contributed by atoms with Gasteiger partial charge in [-0.05, 0) is 5.41 Å². The van der Waals surface area contributed by atoms with Crippen molar-refractivity contribution in [2.24, 2.45) is 5.41 Å². The summed E-state index contributed by atoms with van der Waals surface area (Å²) in [4.78, 5) is 0. The lowest BCUT2D eigenvalue weighted by atomic mass is 9.96. The van der Waals surface area contributed by atoms with E-state index in [1.54, 1.807) is 0 Å². The van der Waals surface area contributed by atoms with Gasteiger partial charge in [-0.15, -0.1) is 0 Å². The highest BCUT2D eigenvalue weighted by molar-refractivity contribution is 6.83. The van der Waals surface area contributed by atoms with Gasteiger partial charge in [0.15, 0.2) is 0 Å². The Labute approximate surface area is 75.9 Å². The van der Waals surface area contributed by atoms with Crippen LogP contribution in [0.15, 0.2) is 11.1 Å². The van der Waals surface area contributed by atoms with Crippen LogP contribution < -0.4 is 0 Å². The maximum absolute atomic E-state index is 9.15. The molecule has 0 aliphatic carbocycles. The Morgan fingerprint density at radius 1 is 1.00 bits per heavy atom. The normalized spacial score (nSPS) is 12.8. The molecule has 0 aromatic carbocycles. The van der Waals surface area contributed by atoms with Gasteiger partial charge in [0.05, 0.1) is 8.07 Å². The lowest BCUT2D eigenvalue weighted by Crippen LogP contribution is -2.34. The van der Waals surface area contributed by atoms with Crippen molar-refractivity contribution in [3.05, 3.63) is 11.1 Å². The van der Waals surface area contributed by atoms with Gasteiger partial charge >= 0.3 is 0 Å². The van der Waals surface area contributed by atoms with Crippen molar-refractivity contribution < 1.29 is 10.2 Å². The van der Waals surface area contributed by atoms with E-state index in [1.165, 1.54) is 0 Å². The van der Waals surface area contributed by atoms with E-state index < -0.39 is 14.0 Å². The first-order chi connectivity index (χ1) is 5.07. The van der Waals surface area contributed by atoms with E-state index in [9.17, 15) is 0 Å². The predicted octanol–water partition coefficient (Wildman–Crippen LogP) is 3.24. The highest BCUT2D eigenvalue weighted by atomic mass is 28.3. The maximum Gasteiger partial charge on any atom is 0.269 e. The molecule has 0 radical (unpaired) electrons. The highest BCUT2D eigenvalue weighted by Gasteiger charge is 2.33. The van der Waals surface area contributed by atoms with E-state index in [0.29, 0.717) is 0 Å². The monoisotopic (exact) mass is 188 g/mol. The summed E-state index contributed by atoms with van der Waals surface area (Å²) in [6.07, 6.45) is 0. The van der Waals surface area contributed by atoms with Crippen LogP contribution in [0.4, 0.5) is 0 Å². The Balaban J connectivity index is 5.13. The van der Waals surface area contributed by atoms with Crippen molar-refractivity contribution in [1.82, 2.24) is 0 Å². The summed E-state index contributed by atoms with van der Waals surface area (Å²) in [5.41, 5.74) is -0.136. The molecule has 0 heterocycles. The smallest absolute Gasteiger partial charge is 0.269 e. The largest absolute Gasteiger partial charge is 0.481 e. The minimum absolute atomic E-state index is 0.136. The Morgan fingerprint density at radius 2 is 1.33 bits per heavy atom. The van der Waals surface area contributed by atoms with Crippen molar-refractivity contribution in [3.8, 4) is 0 Å². The second-order valence-corrected chi connectivity index (χ2v) is 10.2. The molecule has 12 heavy (non-hydrogen) atoms. The zero-order valence-electron chi connectivity index (χ0n) is 8.89. The average molecular weight is 188 g/mol. The van der Waals surface area contributed by atoms with Crippen molar-refractivity contribution in [2.75, 3.05) is 0 Å². The topological polar surface area (TPSA) is 40.5 Å². The molecular formula is C9H20O2Si. The van der Waals surface area contributed by atoms with E-state index in [4.69, 9.17) is 10.2 Å². The van der Waals surface area contributed by atoms with Gasteiger partial charge in [0, 0.05) is 5.20 Å². The van der Waals surface area contributed by atoms with Crippen molar-refractivity contribution >= 4 is 8.07 Å². The van der Waals surface area contributed by atoms with Crippen LogP contribution in [0, 0.1) is 5.41 Å². The number of hydrogen-bond acceptors (Lipinski definition) is 2. The molecular weight excluding hydrogens is 168 g/mol. The minimum Gasteiger partial charge on any atom is -0.481 e. The average Bonchev–Trinajstić information content (AvgIpc) is 1.49. The molecule has 0 fully saturated rings. The summed E-state index contributed by atoms with van der Waals surface area (Å²) in [5.74, 6) is -0.471. The van der Waals surface area contributed by atoms with Crippen LogP contribution in [0.2, 0.25) is 19.6 Å². The Bertz CT molecular complexity index is 174. The molecule has 2 N–H and O–H groups in total. The van der Waals surface area contributed by atoms with Crippen LogP contribution in [0.3, 0.4) is 0 Å². The van der Waals surface area contributed by atoms with Crippen LogP contribution in [-0.2, 0) is 0 Å². The molecule has 0 aliphatic rings. The number of rotatable bonds is 1. The Kier molecular flexibility index (Phi) is 3.01. The van der Waals surface area contributed by atoms with Crippen LogP contribution >= 0.6 is 0 Å². The van der Waals surface area contributed by atoms with Crippen LogP contribution in [0.1, 0.15) is 20.8 Å². The summed E-state index contributed by atoms with van der Waals surface area (Å²) >= 11 is 0. The summed E-state index contributed by atoms with van der Waals surface area (Å²) in [7, 11) is -1.61. The lowest BCUT2D eigenvalue weighted by Gasteiger charge is -2.31. The van der Waals surface area contributed by atoms with Gasteiger partial charge in [-0.25, -0.2) is 0 Å². The molecule has 0 aliphatic heterocycles. The number of aliphatic hydroxyl groups is 2. The zero-order valence-corrected chi connectivity index (χ0v) is 9.89. The molecule has 3 heteroatoms. The van der Waals surface area contributed by atoms with Gasteiger partial charge in [0.2, 0.25) is 0 Å². The van der Waals surface area contributed by atoms with Gasteiger partial charge in [-0.2, -0.15) is 0 Å². The fourth-order valence-electron chi connectivity index (χ4n) is 1.80. The van der Waals surface area contributed by atoms with Crippen molar-refractivity contribution in [3.63, 3.8) is 0 Å². The fourth-order valence-corrected chi connectivity index (χ4v) is 4.72. The van der Waals surface area contributed by atoms with Gasteiger partial charge in [-0.3, -0.25) is 0 Å². The van der Waals surface area contributed by atoms with Gasteiger partial charge in [0.1, 0.15) is 0 Å². The quantitative estimate of drug-likeness (QED) is 0.490. The fraction of sp³-hybridized carbons (Fsp3) is 0.778. The summed E-state index contributed by atoms with van der Waals surface area (Å²) in [5, 5.41) is 19.1. The van der Waals surface area contributed by atoms with Crippen molar-refractivity contribution in [2.45, 2.75) is 40.4 Å². The third-order valence-corrected chi connectivity index (χ3v) is 4.20. The Morgan fingerprint density at radius 3 is 1.33 bits per heavy atom. The van der Waals surface area contributed by atoms with Gasteiger partial charge < -0.3 is 10.2 Å². The first-order valence-electron chi connectivity index (χ1n) is 4.20. The molecule has 72 valence electrons. The second kappa shape index (κ2) is 3.13. The molecule has 0 saturated heterocycles. The molecule has 0 spiro atoms. The number of aliphatic hydroxyl groups excluding tert-OH is 1. The molecule has 0 aromatic heterocycles. The van der Waals surface area contributed by atoms with E-state index in [2.05, 4.69) is 19.6 Å². The number of hydrogen-bond donors (Lipinski definition) is 2. The zero-order chi connectivity index (χ0) is 10.2. The lowest BCUT2D eigenvalue weighted by molar-refractivity contribution is 0.179. The SMILES string of the molecule is CC(C)(C)C(=C(O)O)[Si](C)(C)C. The summed E-state index contributed by atoms with van der Waals surface area (Å²) < 4.78 is 0. The summed E-state index contributed by atoms with van der Waals surface area (Å²) in [6.45, 7) is 12.4. The molecule has 0 aromatic rings. The van der Waals surface area contributed by atoms with Crippen LogP contribution in [-0.4, -0.2) is 18.3 Å². The first kappa shape index (κ1) is 11.6.